The van der Waals surface area contributed by atoms with E-state index in [4.69, 9.17) is 15.3 Å². The molecule has 0 bridgehead atoms. The van der Waals surface area contributed by atoms with Crippen LogP contribution in [0.3, 0.4) is 0 Å². The Labute approximate surface area is 119 Å². The molecule has 1 rings (SSSR count). The summed E-state index contributed by atoms with van der Waals surface area (Å²) in [5.74, 6) is 4.82. The predicted octanol–water partition coefficient (Wildman–Crippen LogP) is -0.342. The number of hydrogen-bond acceptors (Lipinski definition) is 5. The molecule has 0 saturated carbocycles. The average molecular weight is 287 g/mol. The van der Waals surface area contributed by atoms with Gasteiger partial charge in [0.15, 0.2) is 0 Å². The number of nitrogens with zero attached hydrogens (tertiary/aromatic N) is 1. The van der Waals surface area contributed by atoms with Crippen LogP contribution in [0.15, 0.2) is 0 Å². The lowest BCUT2D eigenvalue weighted by molar-refractivity contribution is -0.140. The largest absolute Gasteiger partial charge is 0.379 e. The lowest BCUT2D eigenvalue weighted by Gasteiger charge is -2.30. The Kier molecular flexibility index (Phi) is 8.17. The molecule has 0 aromatic heterocycles. The number of hydrazine groups is 1. The van der Waals surface area contributed by atoms with Gasteiger partial charge >= 0.3 is 0 Å². The van der Waals surface area contributed by atoms with E-state index >= 15 is 0 Å². The van der Waals surface area contributed by atoms with E-state index in [9.17, 15) is 9.59 Å². The number of nitrogens with one attached hydrogen (secondary N) is 1. The van der Waals surface area contributed by atoms with Gasteiger partial charge in [0, 0.05) is 25.6 Å². The Morgan fingerprint density at radius 1 is 1.20 bits per heavy atom. The van der Waals surface area contributed by atoms with Crippen LogP contribution in [0.1, 0.15) is 26.2 Å². The minimum Gasteiger partial charge on any atom is -0.379 e. The van der Waals surface area contributed by atoms with Gasteiger partial charge in [-0.05, 0) is 19.3 Å². The van der Waals surface area contributed by atoms with Crippen molar-refractivity contribution in [1.29, 1.82) is 0 Å². The molecule has 116 valence electrons. The molecule has 2 amide bonds. The minimum atomic E-state index is -0.151. The van der Waals surface area contributed by atoms with Crippen LogP contribution in [0.4, 0.5) is 0 Å². The first kappa shape index (κ1) is 16.9. The van der Waals surface area contributed by atoms with E-state index in [-0.39, 0.29) is 24.3 Å². The summed E-state index contributed by atoms with van der Waals surface area (Å²) in [6, 6.07) is 0. The van der Waals surface area contributed by atoms with Crippen molar-refractivity contribution in [3.8, 4) is 0 Å². The molecule has 0 atom stereocenters. The molecule has 0 unspecified atom stereocenters. The molecular weight excluding hydrogens is 262 g/mol. The van der Waals surface area contributed by atoms with Crippen molar-refractivity contribution in [3.63, 3.8) is 0 Å². The molecular formula is C13H25N3O4. The molecule has 7 heteroatoms. The van der Waals surface area contributed by atoms with E-state index in [1.54, 1.807) is 4.90 Å². The quantitative estimate of drug-likeness (QED) is 0.276. The van der Waals surface area contributed by atoms with Crippen LogP contribution in [0.25, 0.3) is 0 Å². The Morgan fingerprint density at radius 2 is 1.85 bits per heavy atom. The van der Waals surface area contributed by atoms with Crippen LogP contribution < -0.4 is 11.3 Å². The molecule has 20 heavy (non-hydrogen) atoms. The number of carbonyl (C=O) groups excluding carboxylic acids is 2. The number of carbonyl (C=O) groups is 2. The summed E-state index contributed by atoms with van der Waals surface area (Å²) in [4.78, 5) is 25.0. The van der Waals surface area contributed by atoms with Crippen molar-refractivity contribution in [2.24, 2.45) is 11.8 Å². The molecule has 1 aliphatic heterocycles. The van der Waals surface area contributed by atoms with E-state index in [0.29, 0.717) is 45.8 Å². The SMILES string of the molecule is CCCOCCOCC(=O)N1CCC(C(=O)NN)CC1. The summed E-state index contributed by atoms with van der Waals surface area (Å²) in [5.41, 5.74) is 2.16. The summed E-state index contributed by atoms with van der Waals surface area (Å²) >= 11 is 0. The van der Waals surface area contributed by atoms with E-state index in [0.717, 1.165) is 6.42 Å². The fourth-order valence-corrected chi connectivity index (χ4v) is 2.12. The van der Waals surface area contributed by atoms with Crippen molar-refractivity contribution in [2.45, 2.75) is 26.2 Å². The second-order valence-corrected chi connectivity index (χ2v) is 4.83. The van der Waals surface area contributed by atoms with Gasteiger partial charge in [0.1, 0.15) is 6.61 Å². The summed E-state index contributed by atoms with van der Waals surface area (Å²) in [6.07, 6.45) is 2.27. The number of amides is 2. The summed E-state index contributed by atoms with van der Waals surface area (Å²) in [7, 11) is 0. The van der Waals surface area contributed by atoms with Crippen molar-refractivity contribution in [1.82, 2.24) is 10.3 Å². The monoisotopic (exact) mass is 287 g/mol. The first-order chi connectivity index (χ1) is 9.69. The van der Waals surface area contributed by atoms with Gasteiger partial charge in [-0.3, -0.25) is 15.0 Å². The van der Waals surface area contributed by atoms with Crippen molar-refractivity contribution < 1.29 is 19.1 Å². The van der Waals surface area contributed by atoms with Gasteiger partial charge in [0.05, 0.1) is 13.2 Å². The third kappa shape index (κ3) is 5.85. The Morgan fingerprint density at radius 3 is 2.45 bits per heavy atom. The van der Waals surface area contributed by atoms with Gasteiger partial charge in [-0.2, -0.15) is 0 Å². The Hall–Kier alpha value is -1.18. The number of rotatable bonds is 8. The number of likely N-dealkylation sites (tertiary alicyclic amines) is 1. The molecule has 1 saturated heterocycles. The lowest BCUT2D eigenvalue weighted by Crippen LogP contribution is -2.45. The standard InChI is InChI=1S/C13H25N3O4/c1-2-7-19-8-9-20-10-12(17)16-5-3-11(4-6-16)13(18)15-14/h11H,2-10,14H2,1H3,(H,15,18). The molecule has 1 aliphatic rings. The predicted molar refractivity (Wildman–Crippen MR) is 73.6 cm³/mol. The van der Waals surface area contributed by atoms with Crippen LogP contribution in [0.5, 0.6) is 0 Å². The van der Waals surface area contributed by atoms with Gasteiger partial charge in [0.2, 0.25) is 11.8 Å². The van der Waals surface area contributed by atoms with E-state index in [2.05, 4.69) is 5.43 Å². The van der Waals surface area contributed by atoms with Crippen LogP contribution in [-0.2, 0) is 19.1 Å². The van der Waals surface area contributed by atoms with Crippen LogP contribution in [-0.4, -0.2) is 56.2 Å². The number of piperidine rings is 1. The Bertz CT molecular complexity index is 304. The number of ether oxygens (including phenoxy) is 2. The number of hydrogen-bond donors (Lipinski definition) is 2. The van der Waals surface area contributed by atoms with Crippen LogP contribution >= 0.6 is 0 Å². The normalized spacial score (nSPS) is 16.2. The highest BCUT2D eigenvalue weighted by Gasteiger charge is 2.26. The molecule has 0 radical (unpaired) electrons. The molecule has 0 aromatic rings. The van der Waals surface area contributed by atoms with E-state index in [1.165, 1.54) is 0 Å². The molecule has 7 nitrogen and oxygen atoms in total. The van der Waals surface area contributed by atoms with E-state index in [1.807, 2.05) is 6.92 Å². The lowest BCUT2D eigenvalue weighted by atomic mass is 9.96. The highest BCUT2D eigenvalue weighted by molar-refractivity contribution is 5.80. The highest BCUT2D eigenvalue weighted by Crippen LogP contribution is 2.17. The second-order valence-electron chi connectivity index (χ2n) is 4.83. The summed E-state index contributed by atoms with van der Waals surface area (Å²) in [5, 5.41) is 0. The maximum absolute atomic E-state index is 11.9. The summed E-state index contributed by atoms with van der Waals surface area (Å²) in [6.45, 7) is 4.92. The van der Waals surface area contributed by atoms with Gasteiger partial charge < -0.3 is 14.4 Å². The fraction of sp³-hybridized carbons (Fsp3) is 0.846. The van der Waals surface area contributed by atoms with Gasteiger partial charge in [-0.25, -0.2) is 5.84 Å². The van der Waals surface area contributed by atoms with Crippen LogP contribution in [0, 0.1) is 5.92 Å². The van der Waals surface area contributed by atoms with E-state index < -0.39 is 0 Å². The van der Waals surface area contributed by atoms with Crippen LogP contribution in [0.2, 0.25) is 0 Å². The van der Waals surface area contributed by atoms with Gasteiger partial charge in [-0.15, -0.1) is 0 Å². The van der Waals surface area contributed by atoms with Crippen molar-refractivity contribution in [3.05, 3.63) is 0 Å². The molecule has 0 spiro atoms. The fourth-order valence-electron chi connectivity index (χ4n) is 2.12. The Balaban J connectivity index is 2.11. The second kappa shape index (κ2) is 9.68. The molecule has 0 aromatic carbocycles. The zero-order chi connectivity index (χ0) is 14.8. The topological polar surface area (TPSA) is 93.9 Å². The third-order valence-electron chi connectivity index (χ3n) is 3.31. The van der Waals surface area contributed by atoms with Crippen molar-refractivity contribution in [2.75, 3.05) is 39.5 Å². The third-order valence-corrected chi connectivity index (χ3v) is 3.31. The highest BCUT2D eigenvalue weighted by atomic mass is 16.5. The van der Waals surface area contributed by atoms with Gasteiger partial charge in [-0.1, -0.05) is 6.92 Å². The maximum atomic E-state index is 11.9. The zero-order valence-electron chi connectivity index (χ0n) is 12.1. The summed E-state index contributed by atoms with van der Waals surface area (Å²) < 4.78 is 10.5. The van der Waals surface area contributed by atoms with Gasteiger partial charge in [0.25, 0.3) is 0 Å². The molecule has 3 N–H and O–H groups in total. The van der Waals surface area contributed by atoms with Crippen molar-refractivity contribution >= 4 is 11.8 Å². The maximum Gasteiger partial charge on any atom is 0.248 e. The zero-order valence-corrected chi connectivity index (χ0v) is 12.1. The molecule has 1 fully saturated rings. The average Bonchev–Trinajstić information content (AvgIpc) is 2.50. The first-order valence-corrected chi connectivity index (χ1v) is 7.12. The number of nitrogens with two attached hydrogens (primary N) is 1. The smallest absolute Gasteiger partial charge is 0.248 e. The molecule has 0 aliphatic carbocycles. The first-order valence-electron chi connectivity index (χ1n) is 7.12. The molecule has 1 heterocycles. The minimum absolute atomic E-state index is 0.0351.